The van der Waals surface area contributed by atoms with Gasteiger partial charge in [-0.2, -0.15) is 0 Å². The van der Waals surface area contributed by atoms with Gasteiger partial charge >= 0.3 is 5.91 Å². The van der Waals surface area contributed by atoms with E-state index >= 15 is 0 Å². The van der Waals surface area contributed by atoms with Crippen LogP contribution in [-0.2, 0) is 19.6 Å². The SMILES string of the molecule is O=C1SCCCN(S(=O)(=O)c2cccnc2)C1=O. The summed E-state index contributed by atoms with van der Waals surface area (Å²) in [5, 5.41) is -0.736. The summed E-state index contributed by atoms with van der Waals surface area (Å²) in [6.07, 6.45) is 3.05. The molecular weight excluding hydrogens is 276 g/mol. The molecule has 0 saturated carbocycles. The Bertz CT molecular complexity index is 571. The molecule has 0 spiro atoms. The molecule has 0 N–H and O–H groups in total. The molecule has 2 heterocycles. The predicted octanol–water partition coefficient (Wildman–Crippen LogP) is 0.262. The Morgan fingerprint density at radius 1 is 1.33 bits per heavy atom. The van der Waals surface area contributed by atoms with Gasteiger partial charge in [-0.1, -0.05) is 11.8 Å². The van der Waals surface area contributed by atoms with E-state index in [4.69, 9.17) is 0 Å². The minimum Gasteiger partial charge on any atom is -0.276 e. The molecule has 0 aromatic carbocycles. The van der Waals surface area contributed by atoms with Crippen molar-refractivity contribution >= 4 is 32.8 Å². The van der Waals surface area contributed by atoms with Gasteiger partial charge in [0, 0.05) is 24.7 Å². The first-order chi connectivity index (χ1) is 8.53. The van der Waals surface area contributed by atoms with Crippen molar-refractivity contribution < 1.29 is 18.0 Å². The summed E-state index contributed by atoms with van der Waals surface area (Å²) >= 11 is 0.852. The molecule has 1 aromatic heterocycles. The van der Waals surface area contributed by atoms with Crippen LogP contribution in [0.15, 0.2) is 29.4 Å². The summed E-state index contributed by atoms with van der Waals surface area (Å²) in [5.41, 5.74) is 0. The number of carbonyl (C=O) groups is 2. The maximum atomic E-state index is 12.2. The number of carbonyl (C=O) groups excluding carboxylic acids is 2. The van der Waals surface area contributed by atoms with Crippen LogP contribution in [0, 0.1) is 0 Å². The Labute approximate surface area is 108 Å². The van der Waals surface area contributed by atoms with Gasteiger partial charge in [0.25, 0.3) is 15.1 Å². The second kappa shape index (κ2) is 5.07. The zero-order chi connectivity index (χ0) is 13.2. The van der Waals surface area contributed by atoms with E-state index < -0.39 is 21.0 Å². The Morgan fingerprint density at radius 2 is 2.11 bits per heavy atom. The normalized spacial score (nSPS) is 17.7. The molecule has 0 atom stereocenters. The van der Waals surface area contributed by atoms with E-state index in [1.807, 2.05) is 0 Å². The average Bonchev–Trinajstić information content (AvgIpc) is 2.54. The first kappa shape index (κ1) is 13.0. The van der Waals surface area contributed by atoms with Crippen LogP contribution in [0.1, 0.15) is 6.42 Å². The van der Waals surface area contributed by atoms with Crippen LogP contribution in [0.25, 0.3) is 0 Å². The Kier molecular flexibility index (Phi) is 3.67. The van der Waals surface area contributed by atoms with Gasteiger partial charge in [-0.25, -0.2) is 12.7 Å². The fourth-order valence-corrected chi connectivity index (χ4v) is 3.61. The van der Waals surface area contributed by atoms with Crippen molar-refractivity contribution in [2.45, 2.75) is 11.3 Å². The smallest absolute Gasteiger partial charge is 0.276 e. The summed E-state index contributed by atoms with van der Waals surface area (Å²) in [6.45, 7) is 0.0226. The number of sulfonamides is 1. The number of pyridine rings is 1. The van der Waals surface area contributed by atoms with Gasteiger partial charge < -0.3 is 0 Å². The molecule has 8 heteroatoms. The van der Waals surface area contributed by atoms with Gasteiger partial charge in [0.2, 0.25) is 0 Å². The van der Waals surface area contributed by atoms with Crippen LogP contribution in [0.2, 0.25) is 0 Å². The summed E-state index contributed by atoms with van der Waals surface area (Å²) < 4.78 is 25.0. The molecule has 1 saturated heterocycles. The molecule has 1 fully saturated rings. The van der Waals surface area contributed by atoms with Gasteiger partial charge in [-0.15, -0.1) is 0 Å². The maximum absolute atomic E-state index is 12.2. The lowest BCUT2D eigenvalue weighted by molar-refractivity contribution is -0.136. The molecule has 18 heavy (non-hydrogen) atoms. The third kappa shape index (κ3) is 2.39. The minimum absolute atomic E-state index is 0.0226. The molecule has 1 aliphatic heterocycles. The van der Waals surface area contributed by atoms with Crippen LogP contribution in [-0.4, -0.2) is 41.0 Å². The highest BCUT2D eigenvalue weighted by Gasteiger charge is 2.35. The Morgan fingerprint density at radius 3 is 2.78 bits per heavy atom. The van der Waals surface area contributed by atoms with Crippen LogP contribution in [0.5, 0.6) is 0 Å². The van der Waals surface area contributed by atoms with Crippen LogP contribution < -0.4 is 0 Å². The number of rotatable bonds is 2. The summed E-state index contributed by atoms with van der Waals surface area (Å²) in [6, 6.07) is 2.81. The predicted molar refractivity (Wildman–Crippen MR) is 65.2 cm³/mol. The fourth-order valence-electron chi connectivity index (χ4n) is 1.49. The van der Waals surface area contributed by atoms with Crippen LogP contribution in [0.3, 0.4) is 0 Å². The van der Waals surface area contributed by atoms with E-state index in [0.717, 1.165) is 18.0 Å². The van der Waals surface area contributed by atoms with Gasteiger partial charge in [0.05, 0.1) is 0 Å². The molecule has 0 unspecified atom stereocenters. The van der Waals surface area contributed by atoms with E-state index in [2.05, 4.69) is 4.98 Å². The summed E-state index contributed by atoms with van der Waals surface area (Å²) in [7, 11) is -3.98. The van der Waals surface area contributed by atoms with E-state index in [1.54, 1.807) is 0 Å². The van der Waals surface area contributed by atoms with Crippen molar-refractivity contribution in [3.63, 3.8) is 0 Å². The van der Waals surface area contributed by atoms with E-state index in [9.17, 15) is 18.0 Å². The number of thioether (sulfide) groups is 1. The monoisotopic (exact) mass is 286 g/mol. The average molecular weight is 286 g/mol. The highest BCUT2D eigenvalue weighted by Crippen LogP contribution is 2.20. The third-order valence-corrected chi connectivity index (χ3v) is 5.06. The highest BCUT2D eigenvalue weighted by molar-refractivity contribution is 8.15. The van der Waals surface area contributed by atoms with Crippen molar-refractivity contribution in [2.24, 2.45) is 0 Å². The minimum atomic E-state index is -3.98. The lowest BCUT2D eigenvalue weighted by Crippen LogP contribution is -2.39. The number of aromatic nitrogens is 1. The van der Waals surface area contributed by atoms with Crippen LogP contribution in [0.4, 0.5) is 0 Å². The molecule has 0 radical (unpaired) electrons. The van der Waals surface area contributed by atoms with Gasteiger partial charge in [-0.3, -0.25) is 14.6 Å². The standard InChI is InChI=1S/C10H10N2O4S2/c13-9-10(14)17-6-2-5-12(9)18(15,16)8-3-1-4-11-7-8/h1,3-4,7H,2,5-6H2. The second-order valence-corrected chi connectivity index (χ2v) is 6.49. The van der Waals surface area contributed by atoms with Gasteiger partial charge in [-0.05, 0) is 18.6 Å². The van der Waals surface area contributed by atoms with Crippen LogP contribution >= 0.6 is 11.8 Å². The van der Waals surface area contributed by atoms with Gasteiger partial charge in [0.15, 0.2) is 0 Å². The number of hydrogen-bond donors (Lipinski definition) is 0. The van der Waals surface area contributed by atoms with E-state index in [1.165, 1.54) is 18.3 Å². The second-order valence-electron chi connectivity index (χ2n) is 3.56. The molecular formula is C10H10N2O4S2. The maximum Gasteiger partial charge on any atom is 0.314 e. The molecule has 2 rings (SSSR count). The van der Waals surface area contributed by atoms with E-state index in [-0.39, 0.29) is 11.4 Å². The molecule has 1 amide bonds. The Balaban J connectivity index is 2.40. The fraction of sp³-hybridized carbons (Fsp3) is 0.300. The first-order valence-electron chi connectivity index (χ1n) is 5.17. The molecule has 0 aliphatic carbocycles. The molecule has 6 nitrogen and oxygen atoms in total. The van der Waals surface area contributed by atoms with Crippen molar-refractivity contribution in [3.05, 3.63) is 24.5 Å². The third-order valence-electron chi connectivity index (χ3n) is 2.36. The summed E-state index contributed by atoms with van der Waals surface area (Å²) in [5.74, 6) is -0.537. The molecule has 1 aromatic rings. The number of hydrogen-bond acceptors (Lipinski definition) is 6. The van der Waals surface area contributed by atoms with Crippen molar-refractivity contribution in [2.75, 3.05) is 12.3 Å². The van der Waals surface area contributed by atoms with E-state index in [0.29, 0.717) is 16.5 Å². The van der Waals surface area contributed by atoms with Crippen molar-refractivity contribution in [1.29, 1.82) is 0 Å². The largest absolute Gasteiger partial charge is 0.314 e. The molecule has 96 valence electrons. The van der Waals surface area contributed by atoms with Crippen molar-refractivity contribution in [1.82, 2.24) is 9.29 Å². The molecule has 0 bridgehead atoms. The highest BCUT2D eigenvalue weighted by atomic mass is 32.2. The topological polar surface area (TPSA) is 84.4 Å². The quantitative estimate of drug-likeness (QED) is 0.725. The zero-order valence-electron chi connectivity index (χ0n) is 9.27. The zero-order valence-corrected chi connectivity index (χ0v) is 10.9. The number of nitrogens with zero attached hydrogens (tertiary/aromatic N) is 2. The van der Waals surface area contributed by atoms with Crippen molar-refractivity contribution in [3.8, 4) is 0 Å². The van der Waals surface area contributed by atoms with Gasteiger partial charge in [0.1, 0.15) is 4.90 Å². The lowest BCUT2D eigenvalue weighted by Gasteiger charge is -2.18. The lowest BCUT2D eigenvalue weighted by atomic mass is 10.5. The molecule has 1 aliphatic rings. The Hall–Kier alpha value is -1.41. The summed E-state index contributed by atoms with van der Waals surface area (Å²) in [4.78, 5) is 26.7. The number of amides is 1. The first-order valence-corrected chi connectivity index (χ1v) is 7.60.